The van der Waals surface area contributed by atoms with Crippen LogP contribution in [0.3, 0.4) is 0 Å². The van der Waals surface area contributed by atoms with Gasteiger partial charge in [0.15, 0.2) is 0 Å². The van der Waals surface area contributed by atoms with Crippen LogP contribution in [0.25, 0.3) is 0 Å². The smallest absolute Gasteiger partial charge is 0.267 e. The summed E-state index contributed by atoms with van der Waals surface area (Å²) in [5, 5.41) is 1.25. The Balaban J connectivity index is 2.71. The molecule has 1 aromatic carbocycles. The normalized spacial score (nSPS) is 9.94. The lowest BCUT2D eigenvalue weighted by atomic mass is 10.2. The number of hydrogen-bond donors (Lipinski definition) is 1. The quantitative estimate of drug-likeness (QED) is 0.469. The largest absolute Gasteiger partial charge is 0.497 e. The SMILES string of the molecule is CCCCN(N)C(=O)c1cccc(OC)c1. The topological polar surface area (TPSA) is 55.6 Å². The summed E-state index contributed by atoms with van der Waals surface area (Å²) in [6.45, 7) is 2.64. The molecule has 1 rings (SSSR count). The van der Waals surface area contributed by atoms with Crippen molar-refractivity contribution in [3.05, 3.63) is 29.8 Å². The number of benzene rings is 1. The molecule has 0 spiro atoms. The highest BCUT2D eigenvalue weighted by Gasteiger charge is 2.11. The predicted octanol–water partition coefficient (Wildman–Crippen LogP) is 1.81. The minimum absolute atomic E-state index is 0.174. The molecule has 0 saturated carbocycles. The van der Waals surface area contributed by atoms with Crippen molar-refractivity contribution in [3.63, 3.8) is 0 Å². The summed E-state index contributed by atoms with van der Waals surface area (Å²) in [6, 6.07) is 6.99. The van der Waals surface area contributed by atoms with E-state index >= 15 is 0 Å². The highest BCUT2D eigenvalue weighted by molar-refractivity contribution is 5.94. The zero-order valence-electron chi connectivity index (χ0n) is 9.77. The molecule has 16 heavy (non-hydrogen) atoms. The third-order valence-electron chi connectivity index (χ3n) is 2.33. The van der Waals surface area contributed by atoms with Crippen LogP contribution in [-0.2, 0) is 0 Å². The number of nitrogens with zero attached hydrogens (tertiary/aromatic N) is 1. The van der Waals surface area contributed by atoms with E-state index in [0.717, 1.165) is 12.8 Å². The number of methoxy groups -OCH3 is 1. The average molecular weight is 222 g/mol. The number of unbranched alkanes of at least 4 members (excludes halogenated alkanes) is 1. The van der Waals surface area contributed by atoms with E-state index in [4.69, 9.17) is 10.6 Å². The number of rotatable bonds is 5. The highest BCUT2D eigenvalue weighted by Crippen LogP contribution is 2.13. The van der Waals surface area contributed by atoms with Crippen LogP contribution in [0.2, 0.25) is 0 Å². The second-order valence-corrected chi connectivity index (χ2v) is 3.58. The number of ether oxygens (including phenoxy) is 1. The lowest BCUT2D eigenvalue weighted by Gasteiger charge is -2.16. The van der Waals surface area contributed by atoms with Gasteiger partial charge in [-0.3, -0.25) is 9.80 Å². The van der Waals surface area contributed by atoms with Crippen LogP contribution in [0.4, 0.5) is 0 Å². The Morgan fingerprint density at radius 1 is 1.50 bits per heavy atom. The summed E-state index contributed by atoms with van der Waals surface area (Å²) < 4.78 is 5.05. The van der Waals surface area contributed by atoms with E-state index < -0.39 is 0 Å². The molecule has 0 atom stereocenters. The molecule has 88 valence electrons. The number of hydrazine groups is 1. The van der Waals surface area contributed by atoms with Crippen LogP contribution in [-0.4, -0.2) is 24.6 Å². The third-order valence-corrected chi connectivity index (χ3v) is 2.33. The number of carbonyl (C=O) groups excluding carboxylic acids is 1. The maximum absolute atomic E-state index is 11.9. The molecule has 0 heterocycles. The lowest BCUT2D eigenvalue weighted by Crippen LogP contribution is -2.38. The summed E-state index contributed by atoms with van der Waals surface area (Å²) in [4.78, 5) is 11.9. The van der Waals surface area contributed by atoms with Crippen LogP contribution in [0.5, 0.6) is 5.75 Å². The Morgan fingerprint density at radius 3 is 2.88 bits per heavy atom. The van der Waals surface area contributed by atoms with Crippen molar-refractivity contribution in [2.75, 3.05) is 13.7 Å². The maximum atomic E-state index is 11.9. The van der Waals surface area contributed by atoms with Gasteiger partial charge in [0.2, 0.25) is 0 Å². The van der Waals surface area contributed by atoms with Gasteiger partial charge in [-0.05, 0) is 24.6 Å². The van der Waals surface area contributed by atoms with E-state index in [2.05, 4.69) is 6.92 Å². The van der Waals surface area contributed by atoms with Crippen molar-refractivity contribution in [1.82, 2.24) is 5.01 Å². The number of nitrogens with two attached hydrogens (primary N) is 1. The predicted molar refractivity (Wildman–Crippen MR) is 63.1 cm³/mol. The molecular weight excluding hydrogens is 204 g/mol. The average Bonchev–Trinajstić information content (AvgIpc) is 2.35. The van der Waals surface area contributed by atoms with Crippen LogP contribution in [0, 0.1) is 0 Å². The van der Waals surface area contributed by atoms with Crippen molar-refractivity contribution in [2.24, 2.45) is 5.84 Å². The fraction of sp³-hybridized carbons (Fsp3) is 0.417. The molecule has 0 aliphatic carbocycles. The second kappa shape index (κ2) is 6.12. The zero-order valence-corrected chi connectivity index (χ0v) is 9.77. The molecule has 0 unspecified atom stereocenters. The molecule has 2 N–H and O–H groups in total. The van der Waals surface area contributed by atoms with Crippen molar-refractivity contribution < 1.29 is 9.53 Å². The molecule has 0 radical (unpaired) electrons. The van der Waals surface area contributed by atoms with E-state index in [1.54, 1.807) is 31.4 Å². The van der Waals surface area contributed by atoms with Gasteiger partial charge in [-0.1, -0.05) is 19.4 Å². The van der Waals surface area contributed by atoms with Crippen LogP contribution < -0.4 is 10.6 Å². The first kappa shape index (κ1) is 12.5. The number of amides is 1. The van der Waals surface area contributed by atoms with Gasteiger partial charge in [0.25, 0.3) is 5.91 Å². The summed E-state index contributed by atoms with van der Waals surface area (Å²) in [6.07, 6.45) is 1.92. The van der Waals surface area contributed by atoms with Crippen molar-refractivity contribution >= 4 is 5.91 Å². The van der Waals surface area contributed by atoms with E-state index in [1.807, 2.05) is 0 Å². The fourth-order valence-corrected chi connectivity index (χ4v) is 1.35. The summed E-state index contributed by atoms with van der Waals surface area (Å²) in [5.74, 6) is 6.16. The van der Waals surface area contributed by atoms with Gasteiger partial charge in [-0.25, -0.2) is 5.84 Å². The molecule has 1 aromatic rings. The van der Waals surface area contributed by atoms with Gasteiger partial charge in [0.05, 0.1) is 7.11 Å². The molecule has 0 saturated heterocycles. The minimum atomic E-state index is -0.174. The summed E-state index contributed by atoms with van der Waals surface area (Å²) in [5.41, 5.74) is 0.554. The fourth-order valence-electron chi connectivity index (χ4n) is 1.35. The van der Waals surface area contributed by atoms with E-state index in [0.29, 0.717) is 17.9 Å². The molecular formula is C12H18N2O2. The molecule has 4 heteroatoms. The standard InChI is InChI=1S/C12H18N2O2/c1-3-4-8-14(13)12(15)10-6-5-7-11(9-10)16-2/h5-7,9H,3-4,8,13H2,1-2H3. The van der Waals surface area contributed by atoms with Crippen LogP contribution >= 0.6 is 0 Å². The van der Waals surface area contributed by atoms with Gasteiger partial charge in [0.1, 0.15) is 5.75 Å². The van der Waals surface area contributed by atoms with Crippen molar-refractivity contribution in [1.29, 1.82) is 0 Å². The molecule has 1 amide bonds. The van der Waals surface area contributed by atoms with Gasteiger partial charge >= 0.3 is 0 Å². The molecule has 4 nitrogen and oxygen atoms in total. The second-order valence-electron chi connectivity index (χ2n) is 3.58. The summed E-state index contributed by atoms with van der Waals surface area (Å²) >= 11 is 0. The van der Waals surface area contributed by atoms with Gasteiger partial charge in [-0.2, -0.15) is 0 Å². The first-order valence-electron chi connectivity index (χ1n) is 5.39. The van der Waals surface area contributed by atoms with Crippen molar-refractivity contribution in [3.8, 4) is 5.75 Å². The zero-order chi connectivity index (χ0) is 12.0. The van der Waals surface area contributed by atoms with E-state index in [1.165, 1.54) is 5.01 Å². The molecule has 0 aliphatic rings. The molecule has 0 aliphatic heterocycles. The molecule has 0 fully saturated rings. The first-order valence-corrected chi connectivity index (χ1v) is 5.39. The first-order chi connectivity index (χ1) is 7.69. The van der Waals surface area contributed by atoms with Gasteiger partial charge in [-0.15, -0.1) is 0 Å². The van der Waals surface area contributed by atoms with Crippen molar-refractivity contribution in [2.45, 2.75) is 19.8 Å². The number of carbonyl (C=O) groups is 1. The van der Waals surface area contributed by atoms with Crippen LogP contribution in [0.1, 0.15) is 30.1 Å². The van der Waals surface area contributed by atoms with E-state index in [-0.39, 0.29) is 5.91 Å². The molecule has 0 aromatic heterocycles. The maximum Gasteiger partial charge on any atom is 0.267 e. The lowest BCUT2D eigenvalue weighted by molar-refractivity contribution is 0.0753. The molecule has 0 bridgehead atoms. The summed E-state index contributed by atoms with van der Waals surface area (Å²) in [7, 11) is 1.57. The Morgan fingerprint density at radius 2 is 2.25 bits per heavy atom. The number of hydrogen-bond acceptors (Lipinski definition) is 3. The van der Waals surface area contributed by atoms with Gasteiger partial charge < -0.3 is 4.74 Å². The Bertz CT molecular complexity index is 353. The minimum Gasteiger partial charge on any atom is -0.497 e. The Kier molecular flexibility index (Phi) is 4.79. The Hall–Kier alpha value is -1.55. The Labute approximate surface area is 96.0 Å². The third kappa shape index (κ3) is 3.24. The highest BCUT2D eigenvalue weighted by atomic mass is 16.5. The monoisotopic (exact) mass is 222 g/mol. The van der Waals surface area contributed by atoms with Gasteiger partial charge in [0, 0.05) is 12.1 Å². The van der Waals surface area contributed by atoms with E-state index in [9.17, 15) is 4.79 Å². The van der Waals surface area contributed by atoms with Crippen LogP contribution in [0.15, 0.2) is 24.3 Å².